The van der Waals surface area contributed by atoms with Gasteiger partial charge in [-0.3, -0.25) is 9.78 Å². The number of likely N-dealkylation sites (tertiary alicyclic amines) is 1. The van der Waals surface area contributed by atoms with Crippen LogP contribution in [0.4, 0.5) is 0 Å². The molecule has 3 rings (SSSR count). The number of rotatable bonds is 6. The van der Waals surface area contributed by atoms with E-state index in [1.165, 1.54) is 6.42 Å². The highest BCUT2D eigenvalue weighted by atomic mass is 16.5. The van der Waals surface area contributed by atoms with E-state index in [9.17, 15) is 4.79 Å². The number of aromatic nitrogens is 1. The number of piperidine rings is 1. The fourth-order valence-corrected chi connectivity index (χ4v) is 3.61. The third-order valence-electron chi connectivity index (χ3n) is 5.11. The molecular formula is C22H28N2O2. The van der Waals surface area contributed by atoms with Gasteiger partial charge in [0.2, 0.25) is 0 Å². The third kappa shape index (κ3) is 4.70. The highest BCUT2D eigenvalue weighted by molar-refractivity contribution is 5.94. The van der Waals surface area contributed by atoms with Crippen LogP contribution in [-0.2, 0) is 4.74 Å². The predicted octanol–water partition coefficient (Wildman–Crippen LogP) is 4.34. The zero-order valence-corrected chi connectivity index (χ0v) is 15.8. The molecule has 1 aromatic heterocycles. The first-order chi connectivity index (χ1) is 12.7. The summed E-state index contributed by atoms with van der Waals surface area (Å²) in [5, 5.41) is 0. The minimum atomic E-state index is 0.143. The average Bonchev–Trinajstić information content (AvgIpc) is 2.69. The number of carbonyl (C=O) groups excluding carboxylic acids is 1. The van der Waals surface area contributed by atoms with Crippen LogP contribution in [0.2, 0.25) is 0 Å². The van der Waals surface area contributed by atoms with Gasteiger partial charge in [0, 0.05) is 44.1 Å². The van der Waals surface area contributed by atoms with Gasteiger partial charge in [-0.15, -0.1) is 0 Å². The van der Waals surface area contributed by atoms with Crippen LogP contribution in [0.5, 0.6) is 0 Å². The summed E-state index contributed by atoms with van der Waals surface area (Å²) < 4.78 is 5.15. The van der Waals surface area contributed by atoms with E-state index in [2.05, 4.69) is 11.1 Å². The normalized spacial score (nSPS) is 17.3. The van der Waals surface area contributed by atoms with Gasteiger partial charge >= 0.3 is 0 Å². The molecule has 1 aromatic carbocycles. The molecule has 0 aliphatic carbocycles. The van der Waals surface area contributed by atoms with Crippen LogP contribution < -0.4 is 0 Å². The van der Waals surface area contributed by atoms with Gasteiger partial charge in [0.05, 0.1) is 5.69 Å². The van der Waals surface area contributed by atoms with Crippen molar-refractivity contribution >= 4 is 5.91 Å². The number of carbonyl (C=O) groups is 1. The number of hydrogen-bond donors (Lipinski definition) is 0. The van der Waals surface area contributed by atoms with Crippen molar-refractivity contribution in [1.82, 2.24) is 9.88 Å². The number of aryl methyl sites for hydroxylation is 1. The summed E-state index contributed by atoms with van der Waals surface area (Å²) in [6.45, 7) is 4.56. The van der Waals surface area contributed by atoms with Crippen LogP contribution in [-0.4, -0.2) is 42.6 Å². The number of hydrogen-bond acceptors (Lipinski definition) is 3. The maximum Gasteiger partial charge on any atom is 0.253 e. The summed E-state index contributed by atoms with van der Waals surface area (Å²) in [7, 11) is 1.74. The highest BCUT2D eigenvalue weighted by Gasteiger charge is 2.24. The molecule has 26 heavy (non-hydrogen) atoms. The van der Waals surface area contributed by atoms with Crippen LogP contribution in [0.3, 0.4) is 0 Å². The van der Waals surface area contributed by atoms with Crippen molar-refractivity contribution < 1.29 is 9.53 Å². The minimum Gasteiger partial charge on any atom is -0.385 e. The lowest BCUT2D eigenvalue weighted by Gasteiger charge is -2.33. The lowest BCUT2D eigenvalue weighted by atomic mass is 9.93. The van der Waals surface area contributed by atoms with Crippen LogP contribution in [0.15, 0.2) is 42.6 Å². The van der Waals surface area contributed by atoms with Crippen molar-refractivity contribution in [3.05, 3.63) is 53.7 Å². The predicted molar refractivity (Wildman–Crippen MR) is 104 cm³/mol. The van der Waals surface area contributed by atoms with Gasteiger partial charge in [0.25, 0.3) is 5.91 Å². The van der Waals surface area contributed by atoms with Gasteiger partial charge in [-0.1, -0.05) is 18.2 Å². The molecule has 1 amide bonds. The fraction of sp³-hybridized carbons (Fsp3) is 0.455. The molecule has 0 unspecified atom stereocenters. The zero-order chi connectivity index (χ0) is 18.4. The van der Waals surface area contributed by atoms with E-state index >= 15 is 0 Å². The molecule has 2 heterocycles. The van der Waals surface area contributed by atoms with Gasteiger partial charge < -0.3 is 9.64 Å². The second kappa shape index (κ2) is 8.95. The Hall–Kier alpha value is -2.20. The Balaban J connectivity index is 1.63. The van der Waals surface area contributed by atoms with Crippen molar-refractivity contribution in [3.63, 3.8) is 0 Å². The summed E-state index contributed by atoms with van der Waals surface area (Å²) >= 11 is 0. The number of methoxy groups -OCH3 is 1. The maximum absolute atomic E-state index is 12.9. The molecule has 4 heteroatoms. The Bertz CT molecular complexity index is 710. The Kier molecular flexibility index (Phi) is 6.40. The lowest BCUT2D eigenvalue weighted by Crippen LogP contribution is -2.40. The second-order valence-electron chi connectivity index (χ2n) is 7.19. The van der Waals surface area contributed by atoms with E-state index in [1.54, 1.807) is 7.11 Å². The molecule has 0 bridgehead atoms. The van der Waals surface area contributed by atoms with E-state index in [-0.39, 0.29) is 5.91 Å². The Labute approximate surface area is 156 Å². The highest BCUT2D eigenvalue weighted by Crippen LogP contribution is 2.23. The molecule has 2 aromatic rings. The summed E-state index contributed by atoms with van der Waals surface area (Å²) in [6, 6.07) is 11.9. The zero-order valence-electron chi connectivity index (χ0n) is 15.8. The average molecular weight is 352 g/mol. The van der Waals surface area contributed by atoms with Gasteiger partial charge in [0.1, 0.15) is 0 Å². The quantitative estimate of drug-likeness (QED) is 0.727. The standard InChI is InChI=1S/C22H28N2O2/c1-17-7-12-21(23-15-17)19-8-10-20(11-9-19)22(25)24-13-3-5-18(16-24)6-4-14-26-2/h7-12,15,18H,3-6,13-14,16H2,1-2H3/t18-/m1/s1. The number of amides is 1. The molecule has 0 saturated carbocycles. The maximum atomic E-state index is 12.9. The first-order valence-corrected chi connectivity index (χ1v) is 9.48. The molecule has 1 aliphatic rings. The molecular weight excluding hydrogens is 324 g/mol. The van der Waals surface area contributed by atoms with E-state index in [1.807, 2.05) is 48.4 Å². The monoisotopic (exact) mass is 352 g/mol. The summed E-state index contributed by atoms with van der Waals surface area (Å²) in [4.78, 5) is 19.3. The van der Waals surface area contributed by atoms with E-state index < -0.39 is 0 Å². The van der Waals surface area contributed by atoms with Crippen molar-refractivity contribution in [2.75, 3.05) is 26.8 Å². The molecule has 1 atom stereocenters. The summed E-state index contributed by atoms with van der Waals surface area (Å²) in [5.41, 5.74) is 3.88. The Morgan fingerprint density at radius 2 is 2.04 bits per heavy atom. The van der Waals surface area contributed by atoms with Crippen molar-refractivity contribution in [1.29, 1.82) is 0 Å². The summed E-state index contributed by atoms with van der Waals surface area (Å²) in [5.74, 6) is 0.740. The topological polar surface area (TPSA) is 42.4 Å². The van der Waals surface area contributed by atoms with Crippen LogP contribution in [0, 0.1) is 12.8 Å². The number of benzene rings is 1. The molecule has 0 spiro atoms. The van der Waals surface area contributed by atoms with Crippen LogP contribution in [0.1, 0.15) is 41.6 Å². The molecule has 1 fully saturated rings. The first kappa shape index (κ1) is 18.6. The molecule has 0 N–H and O–H groups in total. The van der Waals surface area contributed by atoms with E-state index in [0.29, 0.717) is 5.92 Å². The van der Waals surface area contributed by atoms with Crippen LogP contribution >= 0.6 is 0 Å². The Morgan fingerprint density at radius 3 is 2.73 bits per heavy atom. The van der Waals surface area contributed by atoms with Crippen molar-refractivity contribution in [2.45, 2.75) is 32.6 Å². The molecule has 1 aliphatic heterocycles. The van der Waals surface area contributed by atoms with E-state index in [4.69, 9.17) is 4.74 Å². The van der Waals surface area contributed by atoms with E-state index in [0.717, 1.165) is 61.3 Å². The lowest BCUT2D eigenvalue weighted by molar-refractivity contribution is 0.0660. The van der Waals surface area contributed by atoms with Gasteiger partial charge in [-0.25, -0.2) is 0 Å². The SMILES string of the molecule is COCCC[C@H]1CCCN(C(=O)c2ccc(-c3ccc(C)cn3)cc2)C1. The van der Waals surface area contributed by atoms with Gasteiger partial charge in [-0.05, 0) is 62.3 Å². The minimum absolute atomic E-state index is 0.143. The Morgan fingerprint density at radius 1 is 1.23 bits per heavy atom. The fourth-order valence-electron chi connectivity index (χ4n) is 3.61. The summed E-state index contributed by atoms with van der Waals surface area (Å²) in [6.07, 6.45) is 6.38. The number of nitrogens with zero attached hydrogens (tertiary/aromatic N) is 2. The third-order valence-corrected chi connectivity index (χ3v) is 5.11. The molecule has 0 radical (unpaired) electrons. The smallest absolute Gasteiger partial charge is 0.253 e. The first-order valence-electron chi connectivity index (χ1n) is 9.48. The van der Waals surface area contributed by atoms with Crippen LogP contribution in [0.25, 0.3) is 11.3 Å². The number of ether oxygens (including phenoxy) is 1. The molecule has 1 saturated heterocycles. The molecule has 4 nitrogen and oxygen atoms in total. The van der Waals surface area contributed by atoms with Crippen molar-refractivity contribution in [3.8, 4) is 11.3 Å². The van der Waals surface area contributed by atoms with Gasteiger partial charge in [-0.2, -0.15) is 0 Å². The largest absolute Gasteiger partial charge is 0.385 e. The van der Waals surface area contributed by atoms with Gasteiger partial charge in [0.15, 0.2) is 0 Å². The number of pyridine rings is 1. The van der Waals surface area contributed by atoms with Crippen molar-refractivity contribution in [2.24, 2.45) is 5.92 Å². The molecule has 138 valence electrons. The second-order valence-corrected chi connectivity index (χ2v) is 7.19.